The third-order valence-corrected chi connectivity index (χ3v) is 7.55. The van der Waals surface area contributed by atoms with Gasteiger partial charge in [0.15, 0.2) is 5.65 Å². The van der Waals surface area contributed by atoms with Crippen molar-refractivity contribution in [2.45, 2.75) is 37.1 Å². The maximum Gasteiger partial charge on any atom is 0.229 e. The van der Waals surface area contributed by atoms with Gasteiger partial charge in [-0.25, -0.2) is 13.4 Å². The van der Waals surface area contributed by atoms with Crippen LogP contribution in [0.5, 0.6) is 0 Å². The molecule has 7 nitrogen and oxygen atoms in total. The SMILES string of the molecule is CCc1ccccc1Nc1nc2c(S(=O)(=O)c3cc(C)ccc3C)nnn2c2ccccc12. The van der Waals surface area contributed by atoms with Gasteiger partial charge < -0.3 is 5.32 Å². The van der Waals surface area contributed by atoms with Crippen LogP contribution in [0.4, 0.5) is 11.5 Å². The van der Waals surface area contributed by atoms with Gasteiger partial charge in [0.2, 0.25) is 14.9 Å². The molecule has 0 atom stereocenters. The molecule has 0 saturated carbocycles. The monoisotopic (exact) mass is 457 g/mol. The van der Waals surface area contributed by atoms with Crippen molar-refractivity contribution in [2.24, 2.45) is 0 Å². The first-order chi connectivity index (χ1) is 15.9. The zero-order chi connectivity index (χ0) is 23.2. The van der Waals surface area contributed by atoms with E-state index in [0.29, 0.717) is 16.9 Å². The van der Waals surface area contributed by atoms with Gasteiger partial charge in [-0.3, -0.25) is 0 Å². The number of aromatic nitrogens is 4. The number of nitrogens with one attached hydrogen (secondary N) is 1. The lowest BCUT2D eigenvalue weighted by atomic mass is 10.1. The number of nitrogens with zero attached hydrogens (tertiary/aromatic N) is 4. The third kappa shape index (κ3) is 3.52. The van der Waals surface area contributed by atoms with Gasteiger partial charge in [0.05, 0.1) is 10.4 Å². The first-order valence-electron chi connectivity index (χ1n) is 10.7. The minimum absolute atomic E-state index is 0.159. The molecule has 0 aliphatic carbocycles. The van der Waals surface area contributed by atoms with E-state index < -0.39 is 9.84 Å². The van der Waals surface area contributed by atoms with Gasteiger partial charge in [-0.05, 0) is 61.2 Å². The van der Waals surface area contributed by atoms with Gasteiger partial charge in [-0.1, -0.05) is 54.6 Å². The van der Waals surface area contributed by atoms with Gasteiger partial charge in [0.25, 0.3) is 0 Å². The number of hydrogen-bond acceptors (Lipinski definition) is 6. The third-order valence-electron chi connectivity index (χ3n) is 5.76. The average Bonchev–Trinajstić information content (AvgIpc) is 3.26. The fourth-order valence-electron chi connectivity index (χ4n) is 3.99. The minimum Gasteiger partial charge on any atom is -0.339 e. The maximum absolute atomic E-state index is 13.6. The van der Waals surface area contributed by atoms with E-state index in [1.807, 2.05) is 55.5 Å². The van der Waals surface area contributed by atoms with E-state index in [9.17, 15) is 8.42 Å². The Morgan fingerprint density at radius 2 is 1.73 bits per heavy atom. The highest BCUT2D eigenvalue weighted by Gasteiger charge is 2.28. The number of benzene rings is 3. The molecule has 8 heteroatoms. The zero-order valence-electron chi connectivity index (χ0n) is 18.6. The van der Waals surface area contributed by atoms with Gasteiger partial charge >= 0.3 is 0 Å². The number of rotatable bonds is 5. The lowest BCUT2D eigenvalue weighted by molar-refractivity contribution is 0.592. The quantitative estimate of drug-likeness (QED) is 0.398. The van der Waals surface area contributed by atoms with Crippen LogP contribution in [0.25, 0.3) is 16.6 Å². The summed E-state index contributed by atoms with van der Waals surface area (Å²) in [7, 11) is -3.93. The number of fused-ring (bicyclic) bond motifs is 3. The Morgan fingerprint density at radius 1 is 0.970 bits per heavy atom. The van der Waals surface area contributed by atoms with Crippen molar-refractivity contribution in [1.29, 1.82) is 0 Å². The molecule has 2 heterocycles. The normalized spacial score (nSPS) is 11.8. The van der Waals surface area contributed by atoms with Crippen LogP contribution in [0.1, 0.15) is 23.6 Å². The summed E-state index contributed by atoms with van der Waals surface area (Å²) in [5.41, 5.74) is 4.47. The zero-order valence-corrected chi connectivity index (χ0v) is 19.4. The Hall–Kier alpha value is -3.78. The molecule has 166 valence electrons. The van der Waals surface area contributed by atoms with Crippen LogP contribution in [0.3, 0.4) is 0 Å². The number of hydrogen-bond donors (Lipinski definition) is 1. The molecule has 0 aliphatic heterocycles. The van der Waals surface area contributed by atoms with Crippen molar-refractivity contribution in [1.82, 2.24) is 19.8 Å². The molecule has 3 aromatic carbocycles. The summed E-state index contributed by atoms with van der Waals surface area (Å²) >= 11 is 0. The first kappa shape index (κ1) is 21.1. The average molecular weight is 458 g/mol. The summed E-state index contributed by atoms with van der Waals surface area (Å²) in [5, 5.41) is 12.3. The van der Waals surface area contributed by atoms with Crippen LogP contribution < -0.4 is 5.32 Å². The number of aryl methyl sites for hydroxylation is 3. The van der Waals surface area contributed by atoms with Crippen molar-refractivity contribution in [3.63, 3.8) is 0 Å². The number of para-hydroxylation sites is 2. The molecule has 0 aliphatic rings. The van der Waals surface area contributed by atoms with E-state index in [2.05, 4.69) is 28.6 Å². The predicted molar refractivity (Wildman–Crippen MR) is 129 cm³/mol. The van der Waals surface area contributed by atoms with Crippen LogP contribution in [-0.4, -0.2) is 28.2 Å². The smallest absolute Gasteiger partial charge is 0.229 e. The summed E-state index contributed by atoms with van der Waals surface area (Å²) in [6.45, 7) is 5.72. The Morgan fingerprint density at radius 3 is 2.55 bits per heavy atom. The summed E-state index contributed by atoms with van der Waals surface area (Å²) < 4.78 is 28.7. The molecule has 5 aromatic rings. The summed E-state index contributed by atoms with van der Waals surface area (Å²) in [6.07, 6.45) is 0.851. The molecular weight excluding hydrogens is 434 g/mol. The molecule has 0 spiro atoms. The minimum atomic E-state index is -3.93. The van der Waals surface area contributed by atoms with Crippen LogP contribution >= 0.6 is 0 Å². The first-order valence-corrected chi connectivity index (χ1v) is 12.2. The van der Waals surface area contributed by atoms with E-state index in [1.165, 1.54) is 4.52 Å². The fourth-order valence-corrected chi connectivity index (χ4v) is 5.55. The lowest BCUT2D eigenvalue weighted by Gasteiger charge is -2.13. The van der Waals surface area contributed by atoms with E-state index in [-0.39, 0.29) is 15.6 Å². The van der Waals surface area contributed by atoms with E-state index in [1.54, 1.807) is 19.1 Å². The van der Waals surface area contributed by atoms with Crippen molar-refractivity contribution in [3.05, 3.63) is 83.4 Å². The summed E-state index contributed by atoms with van der Waals surface area (Å²) in [5.74, 6) is 0.554. The van der Waals surface area contributed by atoms with Gasteiger partial charge in [0, 0.05) is 11.1 Å². The topological polar surface area (TPSA) is 89.2 Å². The van der Waals surface area contributed by atoms with Gasteiger partial charge in [-0.15, -0.1) is 5.10 Å². The van der Waals surface area contributed by atoms with Gasteiger partial charge in [-0.2, -0.15) is 4.52 Å². The summed E-state index contributed by atoms with van der Waals surface area (Å²) in [4.78, 5) is 4.94. The molecular formula is C25H23N5O2S. The molecule has 0 fully saturated rings. The van der Waals surface area contributed by atoms with E-state index in [0.717, 1.165) is 28.6 Å². The molecule has 0 saturated heterocycles. The van der Waals surface area contributed by atoms with Crippen LogP contribution in [0.2, 0.25) is 0 Å². The van der Waals surface area contributed by atoms with Crippen LogP contribution in [0.15, 0.2) is 76.7 Å². The molecule has 2 aromatic heterocycles. The fraction of sp³-hybridized carbons (Fsp3) is 0.160. The number of sulfone groups is 1. The van der Waals surface area contributed by atoms with Crippen LogP contribution in [-0.2, 0) is 16.3 Å². The molecule has 0 radical (unpaired) electrons. The second-order valence-electron chi connectivity index (χ2n) is 8.02. The standard InChI is InChI=1S/C25H23N5O2S/c1-4-18-9-5-7-11-20(18)26-23-19-10-6-8-12-21(19)30-24(27-23)25(28-29-30)33(31,32)22-15-16(2)13-14-17(22)3/h5-15H,4H2,1-3H3,(H,26,27). The largest absolute Gasteiger partial charge is 0.339 e. The maximum atomic E-state index is 13.6. The lowest BCUT2D eigenvalue weighted by Crippen LogP contribution is -2.07. The Labute approximate surface area is 192 Å². The van der Waals surface area contributed by atoms with Crippen molar-refractivity contribution < 1.29 is 8.42 Å². The van der Waals surface area contributed by atoms with Crippen molar-refractivity contribution in [3.8, 4) is 0 Å². The summed E-state index contributed by atoms with van der Waals surface area (Å²) in [6, 6.07) is 20.9. The van der Waals surface area contributed by atoms with Crippen molar-refractivity contribution in [2.75, 3.05) is 5.32 Å². The van der Waals surface area contributed by atoms with E-state index >= 15 is 0 Å². The predicted octanol–water partition coefficient (Wildman–Crippen LogP) is 5.03. The van der Waals surface area contributed by atoms with Crippen molar-refractivity contribution >= 4 is 37.9 Å². The molecule has 5 rings (SSSR count). The molecule has 1 N–H and O–H groups in total. The van der Waals surface area contributed by atoms with Gasteiger partial charge in [0.1, 0.15) is 5.82 Å². The highest BCUT2D eigenvalue weighted by molar-refractivity contribution is 7.91. The highest BCUT2D eigenvalue weighted by atomic mass is 32.2. The number of anilines is 2. The molecule has 33 heavy (non-hydrogen) atoms. The second kappa shape index (κ2) is 7.97. The molecule has 0 unspecified atom stereocenters. The van der Waals surface area contributed by atoms with E-state index in [4.69, 9.17) is 4.98 Å². The Kier molecular flexibility index (Phi) is 5.09. The Bertz CT molecular complexity index is 1620. The Balaban J connectivity index is 1.76. The second-order valence-corrected chi connectivity index (χ2v) is 9.85. The molecule has 0 bridgehead atoms. The molecule has 0 amide bonds. The highest BCUT2D eigenvalue weighted by Crippen LogP contribution is 2.31. The van der Waals surface area contributed by atoms with Crippen LogP contribution in [0, 0.1) is 13.8 Å².